The SMILES string of the molecule is COC[C@@H](NC(=O)[C@@H](NC(=O)[C@@H](CC(=O)O)CC(C)CCc1ccc(-c2ccccc2)c(C)c1)C(C)(C)C)c1ccccc1. The summed E-state index contributed by atoms with van der Waals surface area (Å²) in [6, 6.07) is 25.0. The number of carboxylic acids is 1. The molecule has 0 spiro atoms. The first-order chi connectivity index (χ1) is 20.9. The van der Waals surface area contributed by atoms with Crippen LogP contribution in [0.3, 0.4) is 0 Å². The number of carbonyl (C=O) groups excluding carboxylic acids is 2. The third-order valence-corrected chi connectivity index (χ3v) is 8.05. The number of ether oxygens (including phenoxy) is 1. The van der Waals surface area contributed by atoms with Gasteiger partial charge in [-0.2, -0.15) is 0 Å². The van der Waals surface area contributed by atoms with Crippen LogP contribution in [-0.4, -0.2) is 42.6 Å². The average molecular weight is 601 g/mol. The third kappa shape index (κ3) is 10.3. The summed E-state index contributed by atoms with van der Waals surface area (Å²) in [5.74, 6) is -2.45. The van der Waals surface area contributed by atoms with Crippen molar-refractivity contribution in [3.8, 4) is 11.1 Å². The van der Waals surface area contributed by atoms with Gasteiger partial charge >= 0.3 is 5.97 Å². The van der Waals surface area contributed by atoms with Crippen molar-refractivity contribution < 1.29 is 24.2 Å². The van der Waals surface area contributed by atoms with Gasteiger partial charge in [-0.05, 0) is 65.3 Å². The van der Waals surface area contributed by atoms with E-state index in [0.29, 0.717) is 6.42 Å². The van der Waals surface area contributed by atoms with Crippen molar-refractivity contribution in [2.75, 3.05) is 13.7 Å². The zero-order chi connectivity index (χ0) is 32.3. The second-order valence-electron chi connectivity index (χ2n) is 12.9. The molecule has 0 aliphatic heterocycles. The number of amides is 2. The van der Waals surface area contributed by atoms with Crippen molar-refractivity contribution in [1.29, 1.82) is 0 Å². The Morgan fingerprint density at radius 3 is 2.09 bits per heavy atom. The predicted octanol–water partition coefficient (Wildman–Crippen LogP) is 6.75. The topological polar surface area (TPSA) is 105 Å². The number of methoxy groups -OCH3 is 1. The van der Waals surface area contributed by atoms with E-state index in [4.69, 9.17) is 4.74 Å². The van der Waals surface area contributed by atoms with E-state index in [1.165, 1.54) is 22.3 Å². The summed E-state index contributed by atoms with van der Waals surface area (Å²) in [6.07, 6.45) is 1.75. The van der Waals surface area contributed by atoms with E-state index in [9.17, 15) is 19.5 Å². The van der Waals surface area contributed by atoms with Gasteiger partial charge in [-0.25, -0.2) is 0 Å². The van der Waals surface area contributed by atoms with Gasteiger partial charge in [0, 0.05) is 13.0 Å². The summed E-state index contributed by atoms with van der Waals surface area (Å²) >= 11 is 0. The van der Waals surface area contributed by atoms with Crippen molar-refractivity contribution in [3.05, 3.63) is 95.6 Å². The number of hydrogen-bond donors (Lipinski definition) is 3. The third-order valence-electron chi connectivity index (χ3n) is 8.05. The van der Waals surface area contributed by atoms with E-state index < -0.39 is 35.3 Å². The van der Waals surface area contributed by atoms with Gasteiger partial charge < -0.3 is 20.5 Å². The maximum absolute atomic E-state index is 13.6. The molecule has 0 aliphatic rings. The molecule has 4 atom stereocenters. The van der Waals surface area contributed by atoms with Crippen LogP contribution in [0.25, 0.3) is 11.1 Å². The molecule has 1 unspecified atom stereocenters. The van der Waals surface area contributed by atoms with Gasteiger partial charge in [-0.3, -0.25) is 14.4 Å². The lowest BCUT2D eigenvalue weighted by molar-refractivity contribution is -0.142. The van der Waals surface area contributed by atoms with E-state index in [1.54, 1.807) is 7.11 Å². The van der Waals surface area contributed by atoms with Crippen molar-refractivity contribution in [2.45, 2.75) is 72.4 Å². The fourth-order valence-electron chi connectivity index (χ4n) is 5.60. The van der Waals surface area contributed by atoms with Crippen LogP contribution in [0.4, 0.5) is 0 Å². The Bertz CT molecular complexity index is 1370. The fourth-order valence-corrected chi connectivity index (χ4v) is 5.60. The molecule has 3 N–H and O–H groups in total. The zero-order valence-corrected chi connectivity index (χ0v) is 26.9. The molecule has 0 fully saturated rings. The van der Waals surface area contributed by atoms with Gasteiger partial charge in [0.15, 0.2) is 0 Å². The lowest BCUT2D eigenvalue weighted by Gasteiger charge is -2.33. The second kappa shape index (κ2) is 16.2. The molecule has 0 heterocycles. The molecule has 3 rings (SSSR count). The highest BCUT2D eigenvalue weighted by Gasteiger charge is 2.36. The van der Waals surface area contributed by atoms with Gasteiger partial charge in [0.2, 0.25) is 11.8 Å². The molecule has 0 saturated carbocycles. The summed E-state index contributed by atoms with van der Waals surface area (Å²) in [6.45, 7) is 10.1. The molecular weight excluding hydrogens is 552 g/mol. The Balaban J connectivity index is 1.67. The number of nitrogens with one attached hydrogen (secondary N) is 2. The standard InChI is InChI=1S/C37H48N2O5/c1-25(17-18-27-19-20-31(26(2)22-27)28-13-9-7-10-14-28)21-30(23-33(40)41)35(42)39-34(37(3,4)5)36(43)38-32(24-44-6)29-15-11-8-12-16-29/h7-16,19-20,22,25,30,32,34H,17-18,21,23-24H2,1-6H3,(H,38,43)(H,39,42)(H,40,41)/t25?,30-,32-,34-/m1/s1. The minimum atomic E-state index is -1.04. The molecular formula is C37H48N2O5. The van der Waals surface area contributed by atoms with Gasteiger partial charge in [-0.15, -0.1) is 0 Å². The number of carboxylic acid groups (broad SMARTS) is 1. The quantitative estimate of drug-likeness (QED) is 0.179. The van der Waals surface area contributed by atoms with Crippen LogP contribution in [0.15, 0.2) is 78.9 Å². The summed E-state index contributed by atoms with van der Waals surface area (Å²) in [7, 11) is 1.57. The van der Waals surface area contributed by atoms with Crippen molar-refractivity contribution in [2.24, 2.45) is 17.3 Å². The van der Waals surface area contributed by atoms with Gasteiger partial charge in [0.05, 0.1) is 19.1 Å². The van der Waals surface area contributed by atoms with E-state index in [-0.39, 0.29) is 24.9 Å². The van der Waals surface area contributed by atoms with Crippen LogP contribution in [0.2, 0.25) is 0 Å². The summed E-state index contributed by atoms with van der Waals surface area (Å²) in [5.41, 5.74) is 5.08. The van der Waals surface area contributed by atoms with Crippen LogP contribution in [0.1, 0.15) is 69.7 Å². The molecule has 2 amide bonds. The Morgan fingerprint density at radius 2 is 1.52 bits per heavy atom. The Labute approximate surface area is 262 Å². The van der Waals surface area contributed by atoms with E-state index in [2.05, 4.69) is 54.8 Å². The Morgan fingerprint density at radius 1 is 0.886 bits per heavy atom. The van der Waals surface area contributed by atoms with Crippen LogP contribution < -0.4 is 10.6 Å². The monoisotopic (exact) mass is 600 g/mol. The van der Waals surface area contributed by atoms with Crippen molar-refractivity contribution in [3.63, 3.8) is 0 Å². The van der Waals surface area contributed by atoms with Crippen LogP contribution >= 0.6 is 0 Å². The number of aryl methyl sites for hydroxylation is 2. The molecule has 44 heavy (non-hydrogen) atoms. The van der Waals surface area contributed by atoms with E-state index in [0.717, 1.165) is 18.4 Å². The highest BCUT2D eigenvalue weighted by atomic mass is 16.5. The molecule has 3 aromatic rings. The molecule has 7 nitrogen and oxygen atoms in total. The van der Waals surface area contributed by atoms with Crippen molar-refractivity contribution >= 4 is 17.8 Å². The highest BCUT2D eigenvalue weighted by molar-refractivity contribution is 5.90. The molecule has 0 bridgehead atoms. The minimum Gasteiger partial charge on any atom is -0.481 e. The van der Waals surface area contributed by atoms with Crippen LogP contribution in [0, 0.1) is 24.2 Å². The first kappa shape index (κ1) is 34.5. The Kier molecular flexibility index (Phi) is 12.7. The summed E-state index contributed by atoms with van der Waals surface area (Å²) in [4.78, 5) is 38.9. The normalized spacial score (nSPS) is 14.2. The number of hydrogen-bond acceptors (Lipinski definition) is 4. The van der Waals surface area contributed by atoms with Gasteiger partial charge in [-0.1, -0.05) is 107 Å². The number of aliphatic carboxylic acids is 1. The number of benzene rings is 3. The first-order valence-corrected chi connectivity index (χ1v) is 15.4. The zero-order valence-electron chi connectivity index (χ0n) is 26.9. The number of rotatable bonds is 15. The molecule has 0 aliphatic carbocycles. The second-order valence-corrected chi connectivity index (χ2v) is 12.9. The predicted molar refractivity (Wildman–Crippen MR) is 175 cm³/mol. The Hall–Kier alpha value is -3.97. The molecule has 0 saturated heterocycles. The maximum Gasteiger partial charge on any atom is 0.304 e. The largest absolute Gasteiger partial charge is 0.481 e. The van der Waals surface area contributed by atoms with E-state index >= 15 is 0 Å². The molecule has 0 aromatic heterocycles. The lowest BCUT2D eigenvalue weighted by atomic mass is 9.84. The lowest BCUT2D eigenvalue weighted by Crippen LogP contribution is -2.55. The average Bonchev–Trinajstić information content (AvgIpc) is 2.98. The van der Waals surface area contributed by atoms with Crippen LogP contribution in [-0.2, 0) is 25.5 Å². The van der Waals surface area contributed by atoms with Gasteiger partial charge in [0.1, 0.15) is 6.04 Å². The molecule has 0 radical (unpaired) electrons. The van der Waals surface area contributed by atoms with Gasteiger partial charge in [0.25, 0.3) is 0 Å². The van der Waals surface area contributed by atoms with E-state index in [1.807, 2.05) is 69.3 Å². The van der Waals surface area contributed by atoms with Crippen molar-refractivity contribution in [1.82, 2.24) is 10.6 Å². The smallest absolute Gasteiger partial charge is 0.304 e. The maximum atomic E-state index is 13.6. The summed E-state index contributed by atoms with van der Waals surface area (Å²) in [5, 5.41) is 15.6. The summed E-state index contributed by atoms with van der Waals surface area (Å²) < 4.78 is 5.35. The number of carbonyl (C=O) groups is 3. The molecule has 236 valence electrons. The van der Waals surface area contributed by atoms with Crippen LogP contribution in [0.5, 0.6) is 0 Å². The molecule has 7 heteroatoms. The fraction of sp³-hybridized carbons (Fsp3) is 0.432. The minimum absolute atomic E-state index is 0.102. The molecule has 3 aromatic carbocycles. The highest BCUT2D eigenvalue weighted by Crippen LogP contribution is 2.27. The first-order valence-electron chi connectivity index (χ1n) is 15.4.